The van der Waals surface area contributed by atoms with Crippen LogP contribution in [0.5, 0.6) is 5.75 Å². The zero-order chi connectivity index (χ0) is 22.0. The van der Waals surface area contributed by atoms with Crippen LogP contribution in [-0.2, 0) is 16.2 Å². The molecule has 0 spiro atoms. The first-order chi connectivity index (χ1) is 14.9. The highest BCUT2D eigenvalue weighted by atomic mass is 32.2. The molecule has 156 valence electrons. The molecule has 6 nitrogen and oxygen atoms in total. The zero-order valence-corrected chi connectivity index (χ0v) is 16.9. The van der Waals surface area contributed by atoms with Gasteiger partial charge in [0.05, 0.1) is 4.91 Å². The summed E-state index contributed by atoms with van der Waals surface area (Å²) in [5.41, 5.74) is 1.36. The second-order valence-corrected chi connectivity index (χ2v) is 7.77. The summed E-state index contributed by atoms with van der Waals surface area (Å²) in [5, 5.41) is 10.0. The van der Waals surface area contributed by atoms with Crippen LogP contribution in [-0.4, -0.2) is 33.7 Å². The van der Waals surface area contributed by atoms with Gasteiger partial charge in [-0.25, -0.2) is 4.39 Å². The van der Waals surface area contributed by atoms with E-state index in [9.17, 15) is 18.8 Å². The van der Waals surface area contributed by atoms with Crippen molar-refractivity contribution in [3.63, 3.8) is 0 Å². The Labute approximate surface area is 180 Å². The molecule has 8 heteroatoms. The quantitative estimate of drug-likeness (QED) is 0.564. The van der Waals surface area contributed by atoms with E-state index >= 15 is 0 Å². The predicted octanol–water partition coefficient (Wildman–Crippen LogP) is 4.68. The topological polar surface area (TPSA) is 83.9 Å². The smallest absolute Gasteiger partial charge is 0.323 e. The summed E-state index contributed by atoms with van der Waals surface area (Å²) in [6.07, 6.45) is 1.55. The molecule has 1 fully saturated rings. The maximum Gasteiger partial charge on any atom is 0.323 e. The normalized spacial score (nSPS) is 15.1. The number of carboxylic acids is 1. The van der Waals surface area contributed by atoms with Crippen LogP contribution in [0, 0.1) is 5.82 Å². The van der Waals surface area contributed by atoms with Crippen LogP contribution in [0.25, 0.3) is 16.8 Å². The molecular weight excluding hydrogens is 421 g/mol. The van der Waals surface area contributed by atoms with Crippen LogP contribution >= 0.6 is 11.8 Å². The van der Waals surface area contributed by atoms with Gasteiger partial charge in [0.1, 0.15) is 24.7 Å². The van der Waals surface area contributed by atoms with Gasteiger partial charge < -0.3 is 9.84 Å². The molecule has 3 aromatic rings. The lowest BCUT2D eigenvalue weighted by Crippen LogP contribution is -2.33. The minimum absolute atomic E-state index is 0.120. The van der Waals surface area contributed by atoms with Crippen molar-refractivity contribution in [3.05, 3.63) is 82.5 Å². The lowest BCUT2D eigenvalue weighted by molar-refractivity contribution is -0.140. The third-order valence-corrected chi connectivity index (χ3v) is 5.59. The molecule has 0 radical (unpaired) electrons. The average molecular weight is 437 g/mol. The number of hydrogen-bond donors (Lipinski definition) is 1. The molecule has 1 N–H and O–H groups in total. The van der Waals surface area contributed by atoms with E-state index < -0.39 is 23.7 Å². The Bertz CT molecular complexity index is 1220. The van der Waals surface area contributed by atoms with Crippen molar-refractivity contribution in [1.29, 1.82) is 0 Å². The molecule has 2 amide bonds. The van der Waals surface area contributed by atoms with Crippen molar-refractivity contribution in [3.8, 4) is 5.75 Å². The Balaban J connectivity index is 1.71. The SMILES string of the molecule is O=C(O)CN1C(=O)S/C(=C/c2c(OCc3ccc(F)cc3)ccc3ccccc23)C1=O. The van der Waals surface area contributed by atoms with E-state index in [-0.39, 0.29) is 17.3 Å². The van der Waals surface area contributed by atoms with E-state index in [1.54, 1.807) is 24.3 Å². The van der Waals surface area contributed by atoms with E-state index in [1.165, 1.54) is 12.1 Å². The van der Waals surface area contributed by atoms with Crippen LogP contribution in [0.15, 0.2) is 65.6 Å². The summed E-state index contributed by atoms with van der Waals surface area (Å²) in [7, 11) is 0. The van der Waals surface area contributed by atoms with Gasteiger partial charge in [-0.2, -0.15) is 0 Å². The van der Waals surface area contributed by atoms with E-state index in [0.717, 1.165) is 16.3 Å². The second-order valence-electron chi connectivity index (χ2n) is 6.78. The van der Waals surface area contributed by atoms with E-state index in [4.69, 9.17) is 9.84 Å². The van der Waals surface area contributed by atoms with E-state index in [1.807, 2.05) is 30.3 Å². The number of benzene rings is 3. The first-order valence-corrected chi connectivity index (χ1v) is 10.1. The van der Waals surface area contributed by atoms with Gasteiger partial charge in [0.2, 0.25) is 0 Å². The number of carboxylic acid groups (broad SMARTS) is 1. The largest absolute Gasteiger partial charge is 0.488 e. The summed E-state index contributed by atoms with van der Waals surface area (Å²) in [5.74, 6) is -1.79. The Morgan fingerprint density at radius 3 is 2.55 bits per heavy atom. The van der Waals surface area contributed by atoms with Gasteiger partial charge in [-0.1, -0.05) is 42.5 Å². The third kappa shape index (κ3) is 4.44. The highest BCUT2D eigenvalue weighted by Gasteiger charge is 2.36. The molecule has 1 saturated heterocycles. The number of halogens is 1. The number of amides is 2. The standard InChI is InChI=1S/C23H16FNO5S/c24-16-8-5-14(6-9-16)13-30-19-10-7-15-3-1-2-4-17(15)18(19)11-20-22(28)25(12-21(26)27)23(29)31-20/h1-11H,12-13H2,(H,26,27)/b20-11+. The Morgan fingerprint density at radius 1 is 1.06 bits per heavy atom. The molecule has 31 heavy (non-hydrogen) atoms. The monoisotopic (exact) mass is 437 g/mol. The molecule has 1 aliphatic heterocycles. The van der Waals surface area contributed by atoms with E-state index in [0.29, 0.717) is 28.0 Å². The van der Waals surface area contributed by atoms with Gasteiger partial charge in [0.25, 0.3) is 11.1 Å². The Kier molecular flexibility index (Phi) is 5.73. The number of ether oxygens (including phenoxy) is 1. The molecule has 3 aromatic carbocycles. The summed E-state index contributed by atoms with van der Waals surface area (Å²) in [4.78, 5) is 36.5. The van der Waals surface area contributed by atoms with Crippen LogP contribution in [0.3, 0.4) is 0 Å². The van der Waals surface area contributed by atoms with Gasteiger partial charge in [-0.15, -0.1) is 0 Å². The van der Waals surface area contributed by atoms with Crippen molar-refractivity contribution in [2.75, 3.05) is 6.54 Å². The fraction of sp³-hybridized carbons (Fsp3) is 0.0870. The molecule has 1 heterocycles. The predicted molar refractivity (Wildman–Crippen MR) is 115 cm³/mol. The Hall–Kier alpha value is -3.65. The number of nitrogens with zero attached hydrogens (tertiary/aromatic N) is 1. The number of aliphatic carboxylic acids is 1. The molecule has 0 bridgehead atoms. The van der Waals surface area contributed by atoms with Crippen molar-refractivity contribution < 1.29 is 28.6 Å². The van der Waals surface area contributed by atoms with Gasteiger partial charge in [-0.3, -0.25) is 19.3 Å². The van der Waals surface area contributed by atoms with Gasteiger partial charge >= 0.3 is 5.97 Å². The third-order valence-electron chi connectivity index (χ3n) is 4.68. The molecular formula is C23H16FNO5S. The molecule has 0 saturated carbocycles. The van der Waals surface area contributed by atoms with Crippen molar-refractivity contribution >= 4 is 45.7 Å². The van der Waals surface area contributed by atoms with Crippen molar-refractivity contribution in [2.24, 2.45) is 0 Å². The summed E-state index contributed by atoms with van der Waals surface area (Å²) < 4.78 is 19.1. The maximum atomic E-state index is 13.1. The van der Waals surface area contributed by atoms with Gasteiger partial charge in [-0.05, 0) is 52.4 Å². The molecule has 0 atom stereocenters. The average Bonchev–Trinajstić information content (AvgIpc) is 3.01. The van der Waals surface area contributed by atoms with E-state index in [2.05, 4.69) is 0 Å². The summed E-state index contributed by atoms with van der Waals surface area (Å²) in [6.45, 7) is -0.509. The minimum atomic E-state index is -1.27. The lowest BCUT2D eigenvalue weighted by atomic mass is 10.0. The zero-order valence-electron chi connectivity index (χ0n) is 16.1. The molecule has 0 unspecified atom stereocenters. The van der Waals surface area contributed by atoms with Crippen LogP contribution in [0.1, 0.15) is 11.1 Å². The molecule has 1 aliphatic rings. The first kappa shape index (κ1) is 20.6. The fourth-order valence-electron chi connectivity index (χ4n) is 3.19. The Morgan fingerprint density at radius 2 is 1.81 bits per heavy atom. The number of carbonyl (C=O) groups is 3. The summed E-state index contributed by atoms with van der Waals surface area (Å²) in [6, 6.07) is 17.1. The fourth-order valence-corrected chi connectivity index (χ4v) is 4.01. The number of carbonyl (C=O) groups excluding carboxylic acids is 2. The second kappa shape index (κ2) is 8.61. The highest BCUT2D eigenvalue weighted by molar-refractivity contribution is 8.18. The maximum absolute atomic E-state index is 13.1. The van der Waals surface area contributed by atoms with Crippen LogP contribution in [0.2, 0.25) is 0 Å². The number of rotatable bonds is 6. The first-order valence-electron chi connectivity index (χ1n) is 9.28. The van der Waals surface area contributed by atoms with Crippen LogP contribution in [0.4, 0.5) is 9.18 Å². The van der Waals surface area contributed by atoms with Gasteiger partial charge in [0, 0.05) is 5.56 Å². The van der Waals surface area contributed by atoms with Crippen molar-refractivity contribution in [1.82, 2.24) is 4.90 Å². The number of fused-ring (bicyclic) bond motifs is 1. The number of thioether (sulfide) groups is 1. The highest BCUT2D eigenvalue weighted by Crippen LogP contribution is 2.37. The molecule has 0 aromatic heterocycles. The minimum Gasteiger partial charge on any atom is -0.488 e. The van der Waals surface area contributed by atoms with Crippen molar-refractivity contribution in [2.45, 2.75) is 6.61 Å². The number of imide groups is 1. The van der Waals surface area contributed by atoms with Gasteiger partial charge in [0.15, 0.2) is 0 Å². The summed E-state index contributed by atoms with van der Waals surface area (Å²) >= 11 is 0.690. The number of hydrogen-bond acceptors (Lipinski definition) is 5. The van der Waals surface area contributed by atoms with Crippen LogP contribution < -0.4 is 4.74 Å². The molecule has 4 rings (SSSR count). The lowest BCUT2D eigenvalue weighted by Gasteiger charge is -2.13. The molecule has 0 aliphatic carbocycles.